The first-order chi connectivity index (χ1) is 12.1. The molecule has 2 aromatic heterocycles. The van der Waals surface area contributed by atoms with Gasteiger partial charge >= 0.3 is 0 Å². The van der Waals surface area contributed by atoms with E-state index in [1.165, 1.54) is 20.2 Å². The fourth-order valence-electron chi connectivity index (χ4n) is 3.34. The van der Waals surface area contributed by atoms with Gasteiger partial charge in [-0.2, -0.15) is 0 Å². The number of carbonyl (C=O) groups is 2. The molecule has 0 radical (unpaired) electrons. The maximum Gasteiger partial charge on any atom is 0.275 e. The van der Waals surface area contributed by atoms with Gasteiger partial charge in [0.05, 0.1) is 11.4 Å². The minimum atomic E-state index is -0.506. The summed E-state index contributed by atoms with van der Waals surface area (Å²) in [6.45, 7) is 5.47. The number of hydrogen-bond acceptors (Lipinski definition) is 4. The summed E-state index contributed by atoms with van der Waals surface area (Å²) in [4.78, 5) is 28.3. The third kappa shape index (κ3) is 4.11. The monoisotopic (exact) mass is 378 g/mol. The molecule has 3 rings (SSSR count). The quantitative estimate of drug-likeness (QED) is 0.702. The molecule has 0 saturated heterocycles. The van der Waals surface area contributed by atoms with Gasteiger partial charge in [-0.05, 0) is 36.7 Å². The van der Waals surface area contributed by atoms with E-state index in [0.717, 1.165) is 13.0 Å². The van der Waals surface area contributed by atoms with Gasteiger partial charge in [0.2, 0.25) is 5.91 Å². The van der Waals surface area contributed by atoms with E-state index in [9.17, 15) is 9.59 Å². The third-order valence-corrected chi connectivity index (χ3v) is 6.44. The Bertz CT molecular complexity index is 727. The normalized spacial score (nSPS) is 20.6. The largest absolute Gasteiger partial charge is 0.355 e. The smallest absolute Gasteiger partial charge is 0.275 e. The molecule has 0 aliphatic carbocycles. The van der Waals surface area contributed by atoms with E-state index in [1.54, 1.807) is 29.6 Å². The van der Waals surface area contributed by atoms with Crippen molar-refractivity contribution in [2.75, 3.05) is 19.6 Å². The summed E-state index contributed by atoms with van der Waals surface area (Å²) in [5.41, 5.74) is 1.35. The minimum Gasteiger partial charge on any atom is -0.355 e. The standard InChI is InChI=1S/C18H23N3O2S2/c1-3-19-18(23)12(2)20-16(22)11-21-8-6-14-13(7-10-25-14)17(21)15-5-4-9-24-15/h4-5,7,9-10,12,17H,3,6,8,11H2,1-2H3,(H,19,23)(H,20,22)/p+1/t12-,17-/m1/s1. The average Bonchev–Trinajstić information content (AvgIpc) is 3.26. The summed E-state index contributed by atoms with van der Waals surface area (Å²) in [5, 5.41) is 9.80. The molecule has 2 amide bonds. The third-order valence-electron chi connectivity index (χ3n) is 4.51. The SMILES string of the molecule is CCNC(=O)[C@@H](C)NC(=O)C[NH+]1CCc2sccc2[C@@H]1c1cccs1. The van der Waals surface area contributed by atoms with E-state index < -0.39 is 6.04 Å². The van der Waals surface area contributed by atoms with Crippen LogP contribution in [0.4, 0.5) is 0 Å². The molecule has 134 valence electrons. The molecule has 7 heteroatoms. The predicted octanol–water partition coefficient (Wildman–Crippen LogP) is 0.981. The molecule has 1 aliphatic rings. The van der Waals surface area contributed by atoms with Crippen LogP contribution in [0.3, 0.4) is 0 Å². The average molecular weight is 379 g/mol. The van der Waals surface area contributed by atoms with Crippen molar-refractivity contribution in [3.63, 3.8) is 0 Å². The highest BCUT2D eigenvalue weighted by Gasteiger charge is 2.35. The van der Waals surface area contributed by atoms with Crippen LogP contribution < -0.4 is 15.5 Å². The number of nitrogens with one attached hydrogen (secondary N) is 3. The fraction of sp³-hybridized carbons (Fsp3) is 0.444. The summed E-state index contributed by atoms with van der Waals surface area (Å²) in [5.74, 6) is -0.214. The Kier molecular flexibility index (Phi) is 5.88. The van der Waals surface area contributed by atoms with Crippen LogP contribution in [-0.2, 0) is 16.0 Å². The zero-order chi connectivity index (χ0) is 17.8. The Morgan fingerprint density at radius 1 is 1.32 bits per heavy atom. The lowest BCUT2D eigenvalue weighted by Gasteiger charge is -2.32. The van der Waals surface area contributed by atoms with Gasteiger partial charge in [0.1, 0.15) is 12.1 Å². The summed E-state index contributed by atoms with van der Waals surface area (Å²) in [6.07, 6.45) is 1.00. The van der Waals surface area contributed by atoms with Crippen molar-refractivity contribution in [1.82, 2.24) is 10.6 Å². The molecule has 0 saturated carbocycles. The van der Waals surface area contributed by atoms with E-state index in [0.29, 0.717) is 13.1 Å². The Morgan fingerprint density at radius 2 is 2.16 bits per heavy atom. The highest BCUT2D eigenvalue weighted by atomic mass is 32.1. The lowest BCUT2D eigenvalue weighted by atomic mass is 9.98. The Labute approximate surface area is 156 Å². The minimum absolute atomic E-state index is 0.0750. The Hall–Kier alpha value is -1.70. The van der Waals surface area contributed by atoms with Crippen molar-refractivity contribution >= 4 is 34.5 Å². The number of likely N-dealkylation sites (N-methyl/N-ethyl adjacent to an activating group) is 1. The molecule has 3 N–H and O–H groups in total. The first kappa shape index (κ1) is 18.1. The maximum absolute atomic E-state index is 12.5. The molecule has 5 nitrogen and oxygen atoms in total. The van der Waals surface area contributed by atoms with Crippen LogP contribution in [0, 0.1) is 0 Å². The number of hydrogen-bond donors (Lipinski definition) is 3. The number of thiophene rings is 2. The van der Waals surface area contributed by atoms with Gasteiger partial charge in [0.15, 0.2) is 6.54 Å². The van der Waals surface area contributed by atoms with Gasteiger partial charge in [0.25, 0.3) is 5.91 Å². The number of quaternary nitrogens is 1. The highest BCUT2D eigenvalue weighted by Crippen LogP contribution is 2.31. The van der Waals surface area contributed by atoms with Gasteiger partial charge in [-0.25, -0.2) is 0 Å². The summed E-state index contributed by atoms with van der Waals surface area (Å²) in [6, 6.07) is 6.11. The Balaban J connectivity index is 1.71. The van der Waals surface area contributed by atoms with Crippen molar-refractivity contribution in [1.29, 1.82) is 0 Å². The summed E-state index contributed by atoms with van der Waals surface area (Å²) >= 11 is 3.55. The van der Waals surface area contributed by atoms with E-state index in [2.05, 4.69) is 39.6 Å². The van der Waals surface area contributed by atoms with Crippen molar-refractivity contribution in [2.24, 2.45) is 0 Å². The molecular weight excluding hydrogens is 354 g/mol. The van der Waals surface area contributed by atoms with Crippen LogP contribution in [-0.4, -0.2) is 37.5 Å². The van der Waals surface area contributed by atoms with E-state index >= 15 is 0 Å². The first-order valence-electron chi connectivity index (χ1n) is 8.61. The molecule has 3 heterocycles. The van der Waals surface area contributed by atoms with Crippen molar-refractivity contribution < 1.29 is 14.5 Å². The zero-order valence-electron chi connectivity index (χ0n) is 14.5. The first-order valence-corrected chi connectivity index (χ1v) is 10.4. The molecular formula is C18H24N3O2S2+. The maximum atomic E-state index is 12.5. The molecule has 0 spiro atoms. The number of rotatable bonds is 6. The number of carbonyl (C=O) groups excluding carboxylic acids is 2. The van der Waals surface area contributed by atoms with Crippen LogP contribution in [0.1, 0.15) is 35.2 Å². The lowest BCUT2D eigenvalue weighted by Crippen LogP contribution is -3.14. The molecule has 25 heavy (non-hydrogen) atoms. The molecule has 0 aromatic carbocycles. The van der Waals surface area contributed by atoms with E-state index in [-0.39, 0.29) is 17.9 Å². The van der Waals surface area contributed by atoms with Crippen molar-refractivity contribution in [2.45, 2.75) is 32.4 Å². The van der Waals surface area contributed by atoms with Crippen LogP contribution in [0.25, 0.3) is 0 Å². The topological polar surface area (TPSA) is 62.6 Å². The second-order valence-electron chi connectivity index (χ2n) is 6.27. The van der Waals surface area contributed by atoms with Gasteiger partial charge in [-0.1, -0.05) is 6.07 Å². The molecule has 2 aromatic rings. The molecule has 0 bridgehead atoms. The Morgan fingerprint density at radius 3 is 2.88 bits per heavy atom. The second kappa shape index (κ2) is 8.12. The van der Waals surface area contributed by atoms with Gasteiger partial charge in [0, 0.05) is 23.4 Å². The summed E-state index contributed by atoms with van der Waals surface area (Å²) < 4.78 is 0. The number of amides is 2. The number of fused-ring (bicyclic) bond motifs is 1. The van der Waals surface area contributed by atoms with Crippen molar-refractivity contribution in [3.8, 4) is 0 Å². The van der Waals surface area contributed by atoms with Crippen molar-refractivity contribution in [3.05, 3.63) is 44.3 Å². The van der Waals surface area contributed by atoms with Gasteiger partial charge in [-0.15, -0.1) is 22.7 Å². The lowest BCUT2D eigenvalue weighted by molar-refractivity contribution is -0.919. The summed E-state index contributed by atoms with van der Waals surface area (Å²) in [7, 11) is 0. The highest BCUT2D eigenvalue weighted by molar-refractivity contribution is 7.10. The predicted molar refractivity (Wildman–Crippen MR) is 101 cm³/mol. The zero-order valence-corrected chi connectivity index (χ0v) is 16.1. The molecule has 3 atom stereocenters. The molecule has 0 fully saturated rings. The van der Waals surface area contributed by atoms with Crippen LogP contribution in [0.15, 0.2) is 29.0 Å². The van der Waals surface area contributed by atoms with Crippen LogP contribution >= 0.6 is 22.7 Å². The van der Waals surface area contributed by atoms with Gasteiger partial charge in [-0.3, -0.25) is 9.59 Å². The van der Waals surface area contributed by atoms with E-state index in [4.69, 9.17) is 0 Å². The second-order valence-corrected chi connectivity index (χ2v) is 8.25. The molecule has 1 unspecified atom stereocenters. The van der Waals surface area contributed by atoms with Gasteiger partial charge < -0.3 is 15.5 Å². The van der Waals surface area contributed by atoms with E-state index in [1.807, 2.05) is 6.92 Å². The molecule has 1 aliphatic heterocycles. The fourth-order valence-corrected chi connectivity index (χ4v) is 5.16. The van der Waals surface area contributed by atoms with Crippen LogP contribution in [0.5, 0.6) is 0 Å². The van der Waals surface area contributed by atoms with Crippen LogP contribution in [0.2, 0.25) is 0 Å².